The number of benzene rings is 1. The van der Waals surface area contributed by atoms with E-state index in [2.05, 4.69) is 5.32 Å². The number of nitro benzene ring substituents is 1. The molecule has 118 valence electrons. The van der Waals surface area contributed by atoms with Gasteiger partial charge in [0, 0.05) is 24.7 Å². The van der Waals surface area contributed by atoms with E-state index in [0.29, 0.717) is 5.56 Å². The lowest BCUT2D eigenvalue weighted by Gasteiger charge is -2.20. The number of alkyl carbamates (subject to hydrolysis) is 1. The molecule has 0 saturated carbocycles. The molecule has 1 amide bonds. The van der Waals surface area contributed by atoms with Crippen LogP contribution in [0.5, 0.6) is 0 Å². The first-order valence-corrected chi connectivity index (χ1v) is 6.16. The molecule has 0 radical (unpaired) electrons. The maximum Gasteiger partial charge on any atom is 0.407 e. The molecule has 0 spiro atoms. The number of carbonyl (C=O) groups is 1. The Morgan fingerprint density at radius 1 is 1.38 bits per heavy atom. The molecule has 0 aromatic heterocycles. The number of ether oxygens (including phenoxy) is 1. The summed E-state index contributed by atoms with van der Waals surface area (Å²) in [5.41, 5.74) is 6.03. The summed E-state index contributed by atoms with van der Waals surface area (Å²) in [4.78, 5) is 21.5. The van der Waals surface area contributed by atoms with E-state index in [1.807, 2.05) is 0 Å². The number of non-ortho nitro benzene ring substituents is 1. The normalized spacial score (nSPS) is 12.0. The topological polar surface area (TPSA) is 107 Å². The van der Waals surface area contributed by atoms with E-state index < -0.39 is 22.7 Å². The molecule has 7 nitrogen and oxygen atoms in total. The third kappa shape index (κ3) is 6.92. The van der Waals surface area contributed by atoms with Gasteiger partial charge in [-0.3, -0.25) is 10.1 Å². The fourth-order valence-electron chi connectivity index (χ4n) is 1.47. The first kappa shape index (κ1) is 19.1. The maximum absolute atomic E-state index is 11.5. The average molecular weight is 318 g/mol. The van der Waals surface area contributed by atoms with Crippen LogP contribution in [0.4, 0.5) is 10.5 Å². The Morgan fingerprint density at radius 2 is 1.90 bits per heavy atom. The van der Waals surface area contributed by atoms with Gasteiger partial charge in [-0.25, -0.2) is 4.79 Å². The van der Waals surface area contributed by atoms with Crippen LogP contribution in [-0.2, 0) is 4.74 Å². The number of nitro groups is 1. The Balaban J connectivity index is 0.00000400. The van der Waals surface area contributed by atoms with Gasteiger partial charge in [-0.2, -0.15) is 0 Å². The van der Waals surface area contributed by atoms with Gasteiger partial charge < -0.3 is 15.8 Å². The van der Waals surface area contributed by atoms with Crippen LogP contribution in [0, 0.1) is 10.1 Å². The summed E-state index contributed by atoms with van der Waals surface area (Å²) in [5, 5.41) is 13.1. The van der Waals surface area contributed by atoms with Gasteiger partial charge in [0.1, 0.15) is 5.60 Å². The minimum absolute atomic E-state index is 0. The summed E-state index contributed by atoms with van der Waals surface area (Å²) < 4.78 is 5.08. The highest BCUT2D eigenvalue weighted by atomic mass is 35.5. The molecule has 0 fully saturated rings. The van der Waals surface area contributed by atoms with Crippen molar-refractivity contribution in [1.82, 2.24) is 5.32 Å². The Labute approximate surface area is 129 Å². The number of hydrogen-bond acceptors (Lipinski definition) is 5. The highest BCUT2D eigenvalue weighted by Gasteiger charge is 2.17. The van der Waals surface area contributed by atoms with E-state index in [4.69, 9.17) is 10.5 Å². The lowest BCUT2D eigenvalue weighted by atomic mass is 10.1. The zero-order valence-electron chi connectivity index (χ0n) is 12.2. The zero-order valence-corrected chi connectivity index (χ0v) is 13.0. The van der Waals surface area contributed by atoms with Crippen molar-refractivity contribution in [2.75, 3.05) is 6.54 Å². The van der Waals surface area contributed by atoms with E-state index in [1.54, 1.807) is 32.9 Å². The summed E-state index contributed by atoms with van der Waals surface area (Å²) in [7, 11) is 0. The van der Waals surface area contributed by atoms with Crippen molar-refractivity contribution >= 4 is 24.2 Å². The second kappa shape index (κ2) is 7.80. The van der Waals surface area contributed by atoms with Crippen molar-refractivity contribution in [3.05, 3.63) is 39.9 Å². The predicted molar refractivity (Wildman–Crippen MR) is 81.5 cm³/mol. The van der Waals surface area contributed by atoms with Gasteiger partial charge in [0.25, 0.3) is 5.69 Å². The second-order valence-corrected chi connectivity index (χ2v) is 5.34. The lowest BCUT2D eigenvalue weighted by Crippen LogP contribution is -2.36. The summed E-state index contributed by atoms with van der Waals surface area (Å²) in [6.45, 7) is 5.49. The van der Waals surface area contributed by atoms with Crippen LogP contribution < -0.4 is 11.1 Å². The van der Waals surface area contributed by atoms with Gasteiger partial charge in [-0.1, -0.05) is 12.1 Å². The van der Waals surface area contributed by atoms with E-state index in [0.717, 1.165) is 0 Å². The van der Waals surface area contributed by atoms with Gasteiger partial charge in [-0.15, -0.1) is 12.4 Å². The van der Waals surface area contributed by atoms with Gasteiger partial charge >= 0.3 is 6.09 Å². The molecule has 0 aliphatic carbocycles. The van der Waals surface area contributed by atoms with Crippen LogP contribution >= 0.6 is 12.4 Å². The molecule has 3 N–H and O–H groups in total. The van der Waals surface area contributed by atoms with Gasteiger partial charge in [0.05, 0.1) is 4.92 Å². The van der Waals surface area contributed by atoms with E-state index >= 15 is 0 Å². The van der Waals surface area contributed by atoms with Crippen LogP contribution in [0.2, 0.25) is 0 Å². The van der Waals surface area contributed by atoms with Crippen LogP contribution in [0.3, 0.4) is 0 Å². The monoisotopic (exact) mass is 317 g/mol. The molecule has 0 saturated heterocycles. The maximum atomic E-state index is 11.5. The van der Waals surface area contributed by atoms with Crippen molar-refractivity contribution < 1.29 is 14.5 Å². The Morgan fingerprint density at radius 3 is 2.33 bits per heavy atom. The summed E-state index contributed by atoms with van der Waals surface area (Å²) in [5.74, 6) is 0. The minimum atomic E-state index is -0.568. The number of halogens is 1. The molecule has 0 heterocycles. The highest BCUT2D eigenvalue weighted by molar-refractivity contribution is 5.85. The largest absolute Gasteiger partial charge is 0.444 e. The first-order chi connectivity index (χ1) is 9.19. The quantitative estimate of drug-likeness (QED) is 0.655. The fourth-order valence-corrected chi connectivity index (χ4v) is 1.47. The standard InChI is InChI=1S/C13H19N3O4.ClH/c1-13(2,3)20-12(17)15-8-11(14)9-4-6-10(7-5-9)16(18)19;/h4-7,11H,8,14H2,1-3H3,(H,15,17);1H. The van der Waals surface area contributed by atoms with Crippen molar-refractivity contribution in [1.29, 1.82) is 0 Å². The van der Waals surface area contributed by atoms with Gasteiger partial charge in [0.15, 0.2) is 0 Å². The smallest absolute Gasteiger partial charge is 0.407 e. The molecule has 1 rings (SSSR count). The summed E-state index contributed by atoms with van der Waals surface area (Å²) in [6.07, 6.45) is -0.546. The third-order valence-electron chi connectivity index (χ3n) is 2.40. The van der Waals surface area contributed by atoms with Gasteiger partial charge in [-0.05, 0) is 26.3 Å². The molecule has 8 heteroatoms. The Kier molecular flexibility index (Phi) is 7.11. The minimum Gasteiger partial charge on any atom is -0.444 e. The van der Waals surface area contributed by atoms with Crippen LogP contribution in [0.15, 0.2) is 24.3 Å². The van der Waals surface area contributed by atoms with E-state index in [1.165, 1.54) is 12.1 Å². The number of hydrogen-bond donors (Lipinski definition) is 2. The fraction of sp³-hybridized carbons (Fsp3) is 0.462. The molecule has 0 bridgehead atoms. The molecular formula is C13H20ClN3O4. The summed E-state index contributed by atoms with van der Waals surface area (Å²) >= 11 is 0. The van der Waals surface area contributed by atoms with E-state index in [-0.39, 0.29) is 24.6 Å². The molecule has 1 aromatic carbocycles. The molecule has 0 aliphatic rings. The molecule has 1 aromatic rings. The van der Waals surface area contributed by atoms with Crippen molar-refractivity contribution in [2.45, 2.75) is 32.4 Å². The average Bonchev–Trinajstić information content (AvgIpc) is 2.34. The Hall–Kier alpha value is -1.86. The second-order valence-electron chi connectivity index (χ2n) is 5.34. The molecule has 0 aliphatic heterocycles. The number of nitrogens with one attached hydrogen (secondary N) is 1. The number of amides is 1. The molecule has 1 atom stereocenters. The van der Waals surface area contributed by atoms with Gasteiger partial charge in [0.2, 0.25) is 0 Å². The predicted octanol–water partition coefficient (Wildman–Crippen LogP) is 2.54. The highest BCUT2D eigenvalue weighted by Crippen LogP contribution is 2.16. The molecular weight excluding hydrogens is 298 g/mol. The van der Waals surface area contributed by atoms with Crippen LogP contribution in [-0.4, -0.2) is 23.2 Å². The number of nitrogens with two attached hydrogens (primary N) is 1. The van der Waals surface area contributed by atoms with Crippen LogP contribution in [0.1, 0.15) is 32.4 Å². The van der Waals surface area contributed by atoms with Crippen LogP contribution in [0.25, 0.3) is 0 Å². The number of nitrogens with zero attached hydrogens (tertiary/aromatic N) is 1. The third-order valence-corrected chi connectivity index (χ3v) is 2.40. The summed E-state index contributed by atoms with van der Waals surface area (Å²) in [6, 6.07) is 5.44. The molecule has 21 heavy (non-hydrogen) atoms. The number of rotatable bonds is 4. The van der Waals surface area contributed by atoms with Crippen molar-refractivity contribution in [2.24, 2.45) is 5.73 Å². The SMILES string of the molecule is CC(C)(C)OC(=O)NCC(N)c1ccc([N+](=O)[O-])cc1.Cl. The Bertz CT molecular complexity index is 485. The number of carbonyl (C=O) groups excluding carboxylic acids is 1. The van der Waals surface area contributed by atoms with Crippen molar-refractivity contribution in [3.63, 3.8) is 0 Å². The van der Waals surface area contributed by atoms with E-state index in [9.17, 15) is 14.9 Å². The molecule has 1 unspecified atom stereocenters. The van der Waals surface area contributed by atoms with Crippen molar-refractivity contribution in [3.8, 4) is 0 Å². The first-order valence-electron chi connectivity index (χ1n) is 6.16. The zero-order chi connectivity index (χ0) is 15.3. The lowest BCUT2D eigenvalue weighted by molar-refractivity contribution is -0.384.